The number of rotatable bonds is 5. The normalized spacial score (nSPS) is 16.8. The van der Waals surface area contributed by atoms with E-state index in [4.69, 9.17) is 18.6 Å². The van der Waals surface area contributed by atoms with Gasteiger partial charge in [-0.2, -0.15) is 0 Å². The molecule has 8 heteroatoms. The highest BCUT2D eigenvalue weighted by atomic mass is 16.7. The molecule has 1 aromatic carbocycles. The highest BCUT2D eigenvalue weighted by Gasteiger charge is 2.25. The fourth-order valence-corrected chi connectivity index (χ4v) is 3.19. The molecular formula is C19H23N3O5. The zero-order chi connectivity index (χ0) is 18.8. The molecule has 2 aliphatic heterocycles. The van der Waals surface area contributed by atoms with Gasteiger partial charge in [-0.15, -0.1) is 0 Å². The molecule has 2 aliphatic rings. The van der Waals surface area contributed by atoms with Crippen molar-refractivity contribution in [1.82, 2.24) is 14.8 Å². The lowest BCUT2D eigenvalue weighted by Gasteiger charge is -2.36. The van der Waals surface area contributed by atoms with Gasteiger partial charge in [0.05, 0.1) is 0 Å². The molecule has 1 fully saturated rings. The molecule has 144 valence electrons. The van der Waals surface area contributed by atoms with Gasteiger partial charge in [0.2, 0.25) is 12.7 Å². The third-order valence-corrected chi connectivity index (χ3v) is 4.81. The second kappa shape index (κ2) is 7.48. The number of carbonyl (C=O) groups excluding carboxylic acids is 1. The van der Waals surface area contributed by atoms with Crippen molar-refractivity contribution in [2.75, 3.05) is 33.0 Å². The predicted octanol–water partition coefficient (Wildman–Crippen LogP) is 2.15. The molecule has 0 bridgehead atoms. The molecule has 1 amide bonds. The molecule has 0 spiro atoms. The molecule has 0 unspecified atom stereocenters. The van der Waals surface area contributed by atoms with Crippen LogP contribution in [0.25, 0.3) is 0 Å². The van der Waals surface area contributed by atoms with E-state index in [1.54, 1.807) is 18.2 Å². The van der Waals surface area contributed by atoms with Gasteiger partial charge < -0.3 is 23.5 Å². The molecule has 0 aliphatic carbocycles. The number of hydrogen-bond acceptors (Lipinski definition) is 7. The molecular weight excluding hydrogens is 350 g/mol. The zero-order valence-corrected chi connectivity index (χ0v) is 15.5. The average Bonchev–Trinajstić information content (AvgIpc) is 3.34. The largest absolute Gasteiger partial charge is 0.484 e. The highest BCUT2D eigenvalue weighted by molar-refractivity contribution is 5.92. The molecule has 4 rings (SSSR count). The highest BCUT2D eigenvalue weighted by Crippen LogP contribution is 2.35. The van der Waals surface area contributed by atoms with Gasteiger partial charge in [-0.3, -0.25) is 9.69 Å². The number of hydrogen-bond donors (Lipinski definition) is 0. The van der Waals surface area contributed by atoms with Crippen molar-refractivity contribution in [3.05, 3.63) is 36.0 Å². The number of fused-ring (bicyclic) bond motifs is 1. The van der Waals surface area contributed by atoms with E-state index in [-0.39, 0.29) is 19.3 Å². The summed E-state index contributed by atoms with van der Waals surface area (Å²) in [6, 6.07) is 5.83. The number of benzene rings is 1. The third-order valence-electron chi connectivity index (χ3n) is 4.81. The van der Waals surface area contributed by atoms with Gasteiger partial charge in [-0.1, -0.05) is 0 Å². The number of piperazine rings is 1. The van der Waals surface area contributed by atoms with Crippen LogP contribution in [0.5, 0.6) is 17.2 Å². The topological polar surface area (TPSA) is 77.3 Å². The number of aromatic nitrogens is 1. The summed E-state index contributed by atoms with van der Waals surface area (Å²) in [5, 5.41) is 0. The molecule has 8 nitrogen and oxygen atoms in total. The van der Waals surface area contributed by atoms with Crippen molar-refractivity contribution in [2.45, 2.75) is 26.5 Å². The monoisotopic (exact) mass is 373 g/mol. The number of ether oxygens (including phenoxy) is 3. The van der Waals surface area contributed by atoms with Crippen LogP contribution >= 0.6 is 0 Å². The Morgan fingerprint density at radius 1 is 1.19 bits per heavy atom. The van der Waals surface area contributed by atoms with Crippen LogP contribution < -0.4 is 14.2 Å². The van der Waals surface area contributed by atoms with E-state index in [9.17, 15) is 4.79 Å². The van der Waals surface area contributed by atoms with Crippen LogP contribution in [-0.2, 0) is 6.61 Å². The van der Waals surface area contributed by atoms with Crippen molar-refractivity contribution in [3.63, 3.8) is 0 Å². The third kappa shape index (κ3) is 3.85. The lowest BCUT2D eigenvalue weighted by atomic mass is 10.2. The summed E-state index contributed by atoms with van der Waals surface area (Å²) in [6.45, 7) is 7.84. The molecule has 2 aromatic rings. The second-order valence-electron chi connectivity index (χ2n) is 6.85. The lowest BCUT2D eigenvalue weighted by Crippen LogP contribution is -2.50. The summed E-state index contributed by atoms with van der Waals surface area (Å²) in [5.74, 6) is 2.23. The molecule has 1 saturated heterocycles. The SMILES string of the molecule is CC(C)N1CCN(C(=O)c2coc(COc3ccc4c(c3)OCO4)n2)CC1. The quantitative estimate of drug-likeness (QED) is 0.795. The summed E-state index contributed by atoms with van der Waals surface area (Å²) < 4.78 is 21.7. The van der Waals surface area contributed by atoms with Gasteiger partial charge in [0.1, 0.15) is 12.0 Å². The van der Waals surface area contributed by atoms with Crippen molar-refractivity contribution < 1.29 is 23.4 Å². The van der Waals surface area contributed by atoms with E-state index in [1.807, 2.05) is 4.90 Å². The molecule has 1 aromatic heterocycles. The Bertz CT molecular complexity index is 811. The number of carbonyl (C=O) groups is 1. The Kier molecular flexibility index (Phi) is 4.89. The van der Waals surface area contributed by atoms with Crippen LogP contribution in [0.15, 0.2) is 28.9 Å². The van der Waals surface area contributed by atoms with E-state index >= 15 is 0 Å². The standard InChI is InChI=1S/C19H23N3O5/c1-13(2)21-5-7-22(8-6-21)19(23)15-10-25-18(20-15)11-24-14-3-4-16-17(9-14)27-12-26-16/h3-4,9-10,13H,5-8,11-12H2,1-2H3. The van der Waals surface area contributed by atoms with Gasteiger partial charge in [0, 0.05) is 38.3 Å². The fourth-order valence-electron chi connectivity index (χ4n) is 3.19. The zero-order valence-electron chi connectivity index (χ0n) is 15.5. The Morgan fingerprint density at radius 2 is 1.96 bits per heavy atom. The summed E-state index contributed by atoms with van der Waals surface area (Å²) in [5.41, 5.74) is 0.317. The fraction of sp³-hybridized carbons (Fsp3) is 0.474. The smallest absolute Gasteiger partial charge is 0.275 e. The van der Waals surface area contributed by atoms with Gasteiger partial charge in [-0.25, -0.2) is 4.98 Å². The summed E-state index contributed by atoms with van der Waals surface area (Å²) >= 11 is 0. The molecule has 0 saturated carbocycles. The maximum absolute atomic E-state index is 12.6. The van der Waals surface area contributed by atoms with E-state index in [0.717, 1.165) is 13.1 Å². The Balaban J connectivity index is 1.32. The lowest BCUT2D eigenvalue weighted by molar-refractivity contribution is 0.0590. The molecule has 0 radical (unpaired) electrons. The maximum atomic E-state index is 12.6. The van der Waals surface area contributed by atoms with Gasteiger partial charge in [0.15, 0.2) is 23.8 Å². The minimum Gasteiger partial charge on any atom is -0.484 e. The van der Waals surface area contributed by atoms with Crippen molar-refractivity contribution in [1.29, 1.82) is 0 Å². The Labute approximate surface area is 157 Å². The minimum atomic E-state index is -0.100. The Hall–Kier alpha value is -2.74. The van der Waals surface area contributed by atoms with Crippen LogP contribution in [0.4, 0.5) is 0 Å². The van der Waals surface area contributed by atoms with E-state index < -0.39 is 0 Å². The number of oxazole rings is 1. The first-order valence-electron chi connectivity index (χ1n) is 9.10. The van der Waals surface area contributed by atoms with Crippen molar-refractivity contribution in [3.8, 4) is 17.2 Å². The average molecular weight is 373 g/mol. The Morgan fingerprint density at radius 3 is 2.74 bits per heavy atom. The summed E-state index contributed by atoms with van der Waals surface area (Å²) in [4.78, 5) is 21.1. The molecule has 0 atom stereocenters. The van der Waals surface area contributed by atoms with Crippen molar-refractivity contribution in [2.24, 2.45) is 0 Å². The minimum absolute atomic E-state index is 0.100. The van der Waals surface area contributed by atoms with Crippen LogP contribution in [0.1, 0.15) is 30.2 Å². The number of nitrogens with zero attached hydrogens (tertiary/aromatic N) is 3. The van der Waals surface area contributed by atoms with Crippen LogP contribution in [-0.4, -0.2) is 59.7 Å². The van der Waals surface area contributed by atoms with Gasteiger partial charge in [-0.05, 0) is 26.0 Å². The molecule has 3 heterocycles. The first kappa shape index (κ1) is 17.7. The van der Waals surface area contributed by atoms with Crippen LogP contribution in [0.3, 0.4) is 0 Å². The van der Waals surface area contributed by atoms with E-state index in [2.05, 4.69) is 23.7 Å². The summed E-state index contributed by atoms with van der Waals surface area (Å²) in [6.07, 6.45) is 1.40. The number of amides is 1. The van der Waals surface area contributed by atoms with Gasteiger partial charge >= 0.3 is 0 Å². The first-order valence-corrected chi connectivity index (χ1v) is 9.10. The van der Waals surface area contributed by atoms with Crippen LogP contribution in [0, 0.1) is 0 Å². The van der Waals surface area contributed by atoms with E-state index in [1.165, 1.54) is 6.26 Å². The van der Waals surface area contributed by atoms with Crippen molar-refractivity contribution >= 4 is 5.91 Å². The molecule has 27 heavy (non-hydrogen) atoms. The first-order chi connectivity index (χ1) is 13.1. The predicted molar refractivity (Wildman–Crippen MR) is 96.0 cm³/mol. The van der Waals surface area contributed by atoms with Crippen LogP contribution in [0.2, 0.25) is 0 Å². The molecule has 0 N–H and O–H groups in total. The second-order valence-corrected chi connectivity index (χ2v) is 6.85. The summed E-state index contributed by atoms with van der Waals surface area (Å²) in [7, 11) is 0. The van der Waals surface area contributed by atoms with E-state index in [0.29, 0.717) is 48.0 Å². The van der Waals surface area contributed by atoms with Gasteiger partial charge in [0.25, 0.3) is 5.91 Å². The maximum Gasteiger partial charge on any atom is 0.275 e.